The van der Waals surface area contributed by atoms with Crippen molar-refractivity contribution in [2.45, 2.75) is 65.2 Å². The van der Waals surface area contributed by atoms with Crippen molar-refractivity contribution in [2.75, 3.05) is 6.54 Å². The van der Waals surface area contributed by atoms with Crippen LogP contribution in [0.15, 0.2) is 0 Å². The molecule has 0 spiro atoms. The van der Waals surface area contributed by atoms with Gasteiger partial charge < -0.3 is 0 Å². The van der Waals surface area contributed by atoms with E-state index in [9.17, 15) is 10.0 Å². The van der Waals surface area contributed by atoms with Crippen LogP contribution in [0.25, 0.3) is 0 Å². The van der Waals surface area contributed by atoms with Crippen molar-refractivity contribution in [3.63, 3.8) is 0 Å². The predicted molar refractivity (Wildman–Crippen MR) is 61.8 cm³/mol. The van der Waals surface area contributed by atoms with Gasteiger partial charge in [0.15, 0.2) is 0 Å². The monoisotopic (exact) mass is 215 g/mol. The van der Waals surface area contributed by atoms with E-state index in [-0.39, 0.29) is 5.91 Å². The summed E-state index contributed by atoms with van der Waals surface area (Å²) in [6.07, 6.45) is 7.90. The molecule has 0 aromatic rings. The zero-order valence-corrected chi connectivity index (χ0v) is 10.2. The maximum absolute atomic E-state index is 11.4. The molecule has 1 amide bonds. The summed E-state index contributed by atoms with van der Waals surface area (Å²) in [5.74, 6) is -0.125. The van der Waals surface area contributed by atoms with Gasteiger partial charge in [-0.1, -0.05) is 46.0 Å². The maximum atomic E-state index is 11.4. The van der Waals surface area contributed by atoms with E-state index in [1.807, 2.05) is 0 Å². The first kappa shape index (κ1) is 14.4. The van der Waals surface area contributed by atoms with Crippen LogP contribution < -0.4 is 0 Å². The first-order valence-electron chi connectivity index (χ1n) is 6.21. The third-order valence-electron chi connectivity index (χ3n) is 2.51. The molecule has 15 heavy (non-hydrogen) atoms. The Balaban J connectivity index is 3.42. The van der Waals surface area contributed by atoms with Gasteiger partial charge in [-0.25, -0.2) is 5.06 Å². The molecule has 0 aliphatic rings. The molecule has 0 saturated heterocycles. The Morgan fingerprint density at radius 3 is 2.20 bits per heavy atom. The minimum Gasteiger partial charge on any atom is -0.286 e. The second-order valence-electron chi connectivity index (χ2n) is 4.03. The number of nitrogens with zero attached hydrogens (tertiary/aromatic N) is 1. The zero-order chi connectivity index (χ0) is 11.5. The Bertz CT molecular complexity index is 160. The number of hydroxylamine groups is 2. The molecule has 0 aliphatic heterocycles. The molecule has 0 bridgehead atoms. The van der Waals surface area contributed by atoms with Crippen molar-refractivity contribution in [1.29, 1.82) is 0 Å². The Kier molecular flexibility index (Phi) is 9.59. The van der Waals surface area contributed by atoms with Crippen molar-refractivity contribution >= 4 is 5.91 Å². The van der Waals surface area contributed by atoms with Crippen LogP contribution in [0.1, 0.15) is 65.2 Å². The minimum absolute atomic E-state index is 0.125. The van der Waals surface area contributed by atoms with Crippen LogP contribution in [-0.2, 0) is 4.79 Å². The summed E-state index contributed by atoms with van der Waals surface area (Å²) in [5, 5.41) is 10.3. The minimum atomic E-state index is -0.125. The maximum Gasteiger partial charge on any atom is 0.245 e. The predicted octanol–water partition coefficient (Wildman–Crippen LogP) is 3.36. The van der Waals surface area contributed by atoms with Gasteiger partial charge >= 0.3 is 0 Å². The van der Waals surface area contributed by atoms with Crippen molar-refractivity contribution in [1.82, 2.24) is 5.06 Å². The zero-order valence-electron chi connectivity index (χ0n) is 10.2. The second kappa shape index (κ2) is 9.97. The molecule has 0 rings (SSSR count). The highest BCUT2D eigenvalue weighted by molar-refractivity contribution is 5.74. The number of rotatable bonds is 9. The Morgan fingerprint density at radius 1 is 1.00 bits per heavy atom. The number of amides is 1. The quantitative estimate of drug-likeness (QED) is 0.364. The Hall–Kier alpha value is -0.570. The highest BCUT2D eigenvalue weighted by Gasteiger charge is 2.08. The lowest BCUT2D eigenvalue weighted by Gasteiger charge is -2.14. The van der Waals surface area contributed by atoms with Crippen molar-refractivity contribution < 1.29 is 10.0 Å². The topological polar surface area (TPSA) is 40.5 Å². The van der Waals surface area contributed by atoms with E-state index in [2.05, 4.69) is 13.8 Å². The third kappa shape index (κ3) is 8.43. The summed E-state index contributed by atoms with van der Waals surface area (Å²) in [5.41, 5.74) is 0. The summed E-state index contributed by atoms with van der Waals surface area (Å²) in [6, 6.07) is 0. The molecular weight excluding hydrogens is 190 g/mol. The van der Waals surface area contributed by atoms with Gasteiger partial charge in [0.05, 0.1) is 0 Å². The van der Waals surface area contributed by atoms with Gasteiger partial charge in [-0.05, 0) is 12.8 Å². The molecule has 0 fully saturated rings. The molecule has 0 heterocycles. The van der Waals surface area contributed by atoms with E-state index in [4.69, 9.17) is 0 Å². The van der Waals surface area contributed by atoms with E-state index in [1.54, 1.807) is 0 Å². The van der Waals surface area contributed by atoms with Gasteiger partial charge in [0.1, 0.15) is 0 Å². The van der Waals surface area contributed by atoms with Crippen molar-refractivity contribution in [2.24, 2.45) is 0 Å². The largest absolute Gasteiger partial charge is 0.286 e. The van der Waals surface area contributed by atoms with Crippen LogP contribution in [0, 0.1) is 0 Å². The van der Waals surface area contributed by atoms with Gasteiger partial charge in [0, 0.05) is 13.0 Å². The summed E-state index contributed by atoms with van der Waals surface area (Å²) in [4.78, 5) is 11.4. The molecular formula is C12H25NO2. The molecule has 0 aromatic carbocycles. The van der Waals surface area contributed by atoms with E-state index in [1.165, 1.54) is 12.8 Å². The van der Waals surface area contributed by atoms with Gasteiger partial charge in [0.25, 0.3) is 0 Å². The average molecular weight is 215 g/mol. The number of carbonyl (C=O) groups is 1. The number of carbonyl (C=O) groups excluding carboxylic acids is 1. The molecule has 3 heteroatoms. The van der Waals surface area contributed by atoms with Gasteiger partial charge in [-0.2, -0.15) is 0 Å². The van der Waals surface area contributed by atoms with E-state index in [0.717, 1.165) is 37.2 Å². The summed E-state index contributed by atoms with van der Waals surface area (Å²) in [6.45, 7) is 4.74. The highest BCUT2D eigenvalue weighted by Crippen LogP contribution is 2.04. The van der Waals surface area contributed by atoms with Crippen LogP contribution in [0.2, 0.25) is 0 Å². The number of unbranched alkanes of at least 4 members (excludes halogenated alkanes) is 5. The van der Waals surface area contributed by atoms with Crippen LogP contribution in [0.3, 0.4) is 0 Å². The lowest BCUT2D eigenvalue weighted by atomic mass is 10.2. The summed E-state index contributed by atoms with van der Waals surface area (Å²) in [7, 11) is 0. The third-order valence-corrected chi connectivity index (χ3v) is 2.51. The molecule has 0 aromatic heterocycles. The van der Waals surface area contributed by atoms with Crippen LogP contribution in [0.5, 0.6) is 0 Å². The average Bonchev–Trinajstić information content (AvgIpc) is 2.24. The molecule has 90 valence electrons. The fraction of sp³-hybridized carbons (Fsp3) is 0.917. The lowest BCUT2D eigenvalue weighted by Crippen LogP contribution is -2.28. The fourth-order valence-electron chi connectivity index (χ4n) is 1.47. The molecule has 0 atom stereocenters. The van der Waals surface area contributed by atoms with Gasteiger partial charge in [-0.3, -0.25) is 10.0 Å². The molecule has 1 N–H and O–H groups in total. The van der Waals surface area contributed by atoms with E-state index >= 15 is 0 Å². The van der Waals surface area contributed by atoms with Crippen LogP contribution in [0.4, 0.5) is 0 Å². The molecule has 0 saturated carbocycles. The smallest absolute Gasteiger partial charge is 0.245 e. The summed E-state index contributed by atoms with van der Waals surface area (Å²) >= 11 is 0. The van der Waals surface area contributed by atoms with Gasteiger partial charge in [0.2, 0.25) is 5.91 Å². The molecule has 0 aliphatic carbocycles. The Morgan fingerprint density at radius 2 is 1.60 bits per heavy atom. The van der Waals surface area contributed by atoms with Crippen molar-refractivity contribution in [3.05, 3.63) is 0 Å². The first-order chi connectivity index (χ1) is 7.22. The fourth-order valence-corrected chi connectivity index (χ4v) is 1.47. The van der Waals surface area contributed by atoms with E-state index < -0.39 is 0 Å². The highest BCUT2D eigenvalue weighted by atomic mass is 16.5. The molecule has 3 nitrogen and oxygen atoms in total. The lowest BCUT2D eigenvalue weighted by molar-refractivity contribution is -0.165. The van der Waals surface area contributed by atoms with Crippen LogP contribution >= 0.6 is 0 Å². The number of hydrogen-bond donors (Lipinski definition) is 1. The normalized spacial score (nSPS) is 10.3. The number of hydrogen-bond acceptors (Lipinski definition) is 2. The second-order valence-corrected chi connectivity index (χ2v) is 4.03. The molecule has 0 radical (unpaired) electrons. The van der Waals surface area contributed by atoms with E-state index in [0.29, 0.717) is 13.0 Å². The van der Waals surface area contributed by atoms with Crippen LogP contribution in [-0.4, -0.2) is 22.7 Å². The standard InChI is InChI=1S/C12H25NO2/c1-3-5-7-9-11-13(15)12(14)10-8-6-4-2/h15H,3-11H2,1-2H3. The molecule has 0 unspecified atom stereocenters. The van der Waals surface area contributed by atoms with Crippen molar-refractivity contribution in [3.8, 4) is 0 Å². The Labute approximate surface area is 93.4 Å². The summed E-state index contributed by atoms with van der Waals surface area (Å²) < 4.78 is 0. The first-order valence-corrected chi connectivity index (χ1v) is 6.21. The SMILES string of the molecule is CCCCCCN(O)C(=O)CCCCC. The van der Waals surface area contributed by atoms with Gasteiger partial charge in [-0.15, -0.1) is 0 Å².